The van der Waals surface area contributed by atoms with E-state index < -0.39 is 54.5 Å². The minimum atomic E-state index is -1.49. The molecule has 0 bridgehead atoms. The molecule has 2 saturated heterocycles. The van der Waals surface area contributed by atoms with Gasteiger partial charge in [-0.25, -0.2) is 4.79 Å². The van der Waals surface area contributed by atoms with Crippen LogP contribution in [0.3, 0.4) is 0 Å². The molecular formula is C18H31N3O8S. The van der Waals surface area contributed by atoms with Gasteiger partial charge in [0, 0.05) is 19.5 Å². The van der Waals surface area contributed by atoms with E-state index in [1.165, 1.54) is 4.90 Å². The van der Waals surface area contributed by atoms with Gasteiger partial charge in [0.15, 0.2) is 6.10 Å². The Kier molecular flexibility index (Phi) is 9.31. The van der Waals surface area contributed by atoms with Crippen LogP contribution >= 0.6 is 11.8 Å². The summed E-state index contributed by atoms with van der Waals surface area (Å²) in [5, 5.41) is 41.7. The molecule has 2 fully saturated rings. The van der Waals surface area contributed by atoms with Crippen LogP contribution in [-0.4, -0.2) is 111 Å². The van der Waals surface area contributed by atoms with Gasteiger partial charge >= 0.3 is 5.97 Å². The number of ether oxygens (including phenoxy) is 1. The maximum Gasteiger partial charge on any atom is 0.332 e. The highest BCUT2D eigenvalue weighted by Crippen LogP contribution is 2.23. The highest BCUT2D eigenvalue weighted by molar-refractivity contribution is 7.98. The molecule has 0 saturated carbocycles. The number of carboxylic acid groups (broad SMARTS) is 1. The Morgan fingerprint density at radius 1 is 1.33 bits per heavy atom. The molecule has 11 nitrogen and oxygen atoms in total. The normalized spacial score (nSPS) is 31.2. The minimum Gasteiger partial charge on any atom is -0.479 e. The first-order valence-corrected chi connectivity index (χ1v) is 11.3. The molecular weight excluding hydrogens is 418 g/mol. The molecule has 2 amide bonds. The lowest BCUT2D eigenvalue weighted by Crippen LogP contribution is -2.58. The second-order valence-electron chi connectivity index (χ2n) is 7.61. The van der Waals surface area contributed by atoms with Gasteiger partial charge in [0.05, 0.1) is 12.1 Å². The van der Waals surface area contributed by atoms with Gasteiger partial charge in [-0.2, -0.15) is 11.8 Å². The third-order valence-corrected chi connectivity index (χ3v) is 6.08. The fourth-order valence-electron chi connectivity index (χ4n) is 3.70. The summed E-state index contributed by atoms with van der Waals surface area (Å²) in [5.74, 6) is -1.35. The molecule has 30 heavy (non-hydrogen) atoms. The molecule has 2 aliphatic rings. The number of rotatable bonds is 9. The summed E-state index contributed by atoms with van der Waals surface area (Å²) in [7, 11) is 0. The zero-order chi connectivity index (χ0) is 22.4. The van der Waals surface area contributed by atoms with Gasteiger partial charge in [0.25, 0.3) is 0 Å². The quantitative estimate of drug-likeness (QED) is 0.220. The zero-order valence-electron chi connectivity index (χ0n) is 16.8. The lowest BCUT2D eigenvalue weighted by Gasteiger charge is -2.38. The molecule has 0 aliphatic carbocycles. The first kappa shape index (κ1) is 24.8. The van der Waals surface area contributed by atoms with Crippen LogP contribution in [-0.2, 0) is 19.1 Å². The molecule has 2 aliphatic heterocycles. The smallest absolute Gasteiger partial charge is 0.332 e. The number of aliphatic hydroxyl groups is 3. The fourth-order valence-corrected chi connectivity index (χ4v) is 4.19. The van der Waals surface area contributed by atoms with Crippen LogP contribution in [0.1, 0.15) is 25.7 Å². The van der Waals surface area contributed by atoms with Crippen LogP contribution in [0.5, 0.6) is 0 Å². The van der Waals surface area contributed by atoms with E-state index in [9.17, 15) is 29.7 Å². The highest BCUT2D eigenvalue weighted by atomic mass is 32.2. The molecule has 0 aromatic carbocycles. The second kappa shape index (κ2) is 11.3. The van der Waals surface area contributed by atoms with Crippen molar-refractivity contribution in [1.82, 2.24) is 10.2 Å². The van der Waals surface area contributed by atoms with Crippen molar-refractivity contribution in [1.29, 1.82) is 0 Å². The number of amides is 2. The molecule has 0 spiro atoms. The number of hydrogen-bond donors (Lipinski definition) is 6. The van der Waals surface area contributed by atoms with Gasteiger partial charge in [0.1, 0.15) is 24.4 Å². The average Bonchev–Trinajstić information content (AvgIpc) is 3.20. The van der Waals surface area contributed by atoms with Gasteiger partial charge in [-0.1, -0.05) is 0 Å². The predicted molar refractivity (Wildman–Crippen MR) is 108 cm³/mol. The minimum absolute atomic E-state index is 0.291. The van der Waals surface area contributed by atoms with E-state index >= 15 is 0 Å². The van der Waals surface area contributed by atoms with Crippen LogP contribution in [0.2, 0.25) is 0 Å². The van der Waals surface area contributed by atoms with Crippen LogP contribution in [0, 0.1) is 0 Å². The first-order valence-electron chi connectivity index (χ1n) is 9.92. The van der Waals surface area contributed by atoms with Crippen LogP contribution in [0.25, 0.3) is 0 Å². The molecule has 172 valence electrons. The third kappa shape index (κ3) is 6.05. The molecule has 12 heteroatoms. The van der Waals surface area contributed by atoms with E-state index in [-0.39, 0.29) is 18.9 Å². The van der Waals surface area contributed by atoms with E-state index in [1.807, 2.05) is 6.26 Å². The van der Waals surface area contributed by atoms with Crippen LogP contribution in [0.4, 0.5) is 0 Å². The summed E-state index contributed by atoms with van der Waals surface area (Å²) in [6.45, 7) is 0.0834. The Morgan fingerprint density at radius 2 is 2.03 bits per heavy atom. The number of aliphatic hydroxyl groups excluding tert-OH is 3. The number of nitrogens with zero attached hydrogens (tertiary/aromatic N) is 1. The maximum atomic E-state index is 12.6. The molecule has 0 aromatic heterocycles. The highest BCUT2D eigenvalue weighted by Gasteiger charge is 2.43. The Labute approximate surface area is 178 Å². The summed E-state index contributed by atoms with van der Waals surface area (Å²) < 4.78 is 5.18. The summed E-state index contributed by atoms with van der Waals surface area (Å²) in [5.41, 5.74) is 5.94. The Bertz CT molecular complexity index is 624. The van der Waals surface area contributed by atoms with Crippen molar-refractivity contribution in [3.8, 4) is 0 Å². The number of likely N-dealkylation sites (tertiary alicyclic amines) is 1. The van der Waals surface area contributed by atoms with Crippen molar-refractivity contribution >= 4 is 29.5 Å². The van der Waals surface area contributed by atoms with Crippen LogP contribution < -0.4 is 11.1 Å². The predicted octanol–water partition coefficient (Wildman–Crippen LogP) is -2.50. The van der Waals surface area contributed by atoms with Crippen molar-refractivity contribution in [2.75, 3.05) is 25.1 Å². The molecule has 2 rings (SSSR count). The molecule has 0 aromatic rings. The lowest BCUT2D eigenvalue weighted by atomic mass is 9.94. The number of hydrogen-bond acceptors (Lipinski definition) is 9. The van der Waals surface area contributed by atoms with Gasteiger partial charge < -0.3 is 41.1 Å². The summed E-state index contributed by atoms with van der Waals surface area (Å²) in [6, 6.07) is -1.39. The molecule has 2 heterocycles. The summed E-state index contributed by atoms with van der Waals surface area (Å²) >= 11 is 1.58. The monoisotopic (exact) mass is 449 g/mol. The number of aliphatic carboxylic acids is 1. The standard InChI is InChI=1S/C18H31N3O8S/c1-30-6-4-9(19)17(26)21-5-2-3-10(21)16(25)20-8-12(23)15-14(24)11(22)7-13(29-15)18(27)28/h9-15,22-24H,2-8,19H2,1H3,(H,20,25)(H,27,28). The van der Waals surface area contributed by atoms with Gasteiger partial charge in [-0.05, 0) is 31.3 Å². The van der Waals surface area contributed by atoms with E-state index in [4.69, 9.17) is 15.6 Å². The van der Waals surface area contributed by atoms with E-state index in [2.05, 4.69) is 5.32 Å². The Balaban J connectivity index is 1.92. The third-order valence-electron chi connectivity index (χ3n) is 5.44. The largest absolute Gasteiger partial charge is 0.479 e. The zero-order valence-corrected chi connectivity index (χ0v) is 17.7. The van der Waals surface area contributed by atoms with Crippen molar-refractivity contribution in [3.05, 3.63) is 0 Å². The van der Waals surface area contributed by atoms with E-state index in [0.29, 0.717) is 25.8 Å². The molecule has 7 N–H and O–H groups in total. The van der Waals surface area contributed by atoms with E-state index in [0.717, 1.165) is 5.75 Å². The number of nitrogens with one attached hydrogen (secondary N) is 1. The lowest BCUT2D eigenvalue weighted by molar-refractivity contribution is -0.208. The number of carbonyl (C=O) groups excluding carboxylic acids is 2. The number of thioether (sulfide) groups is 1. The Hall–Kier alpha value is -1.44. The van der Waals surface area contributed by atoms with Gasteiger partial charge in [-0.15, -0.1) is 0 Å². The number of carboxylic acids is 1. The second-order valence-corrected chi connectivity index (χ2v) is 8.60. The topological polar surface area (TPSA) is 183 Å². The van der Waals surface area contributed by atoms with Crippen molar-refractivity contribution in [2.45, 2.75) is 68.3 Å². The SMILES string of the molecule is CSCCC(N)C(=O)N1CCCC1C(=O)NCC(O)C1OC(C(=O)O)CC(O)C1O. The van der Waals surface area contributed by atoms with E-state index in [1.54, 1.807) is 11.8 Å². The van der Waals surface area contributed by atoms with Gasteiger partial charge in [-0.3, -0.25) is 9.59 Å². The Morgan fingerprint density at radius 3 is 2.67 bits per heavy atom. The van der Waals surface area contributed by atoms with Crippen LogP contribution in [0.15, 0.2) is 0 Å². The summed E-state index contributed by atoms with van der Waals surface area (Å²) in [4.78, 5) is 37.7. The number of carbonyl (C=O) groups is 3. The average molecular weight is 450 g/mol. The maximum absolute atomic E-state index is 12.6. The summed E-state index contributed by atoms with van der Waals surface area (Å²) in [6.07, 6.45) is -3.83. The van der Waals surface area contributed by atoms with Crippen molar-refractivity contribution < 1.29 is 39.5 Å². The van der Waals surface area contributed by atoms with Crippen molar-refractivity contribution in [2.24, 2.45) is 5.73 Å². The molecule has 7 unspecified atom stereocenters. The number of nitrogens with two attached hydrogens (primary N) is 1. The van der Waals surface area contributed by atoms with Gasteiger partial charge in [0.2, 0.25) is 11.8 Å². The van der Waals surface area contributed by atoms with Crippen molar-refractivity contribution in [3.63, 3.8) is 0 Å². The first-order chi connectivity index (χ1) is 14.2. The molecule has 0 radical (unpaired) electrons. The molecule has 7 atom stereocenters. The fraction of sp³-hybridized carbons (Fsp3) is 0.833.